The summed E-state index contributed by atoms with van der Waals surface area (Å²) in [6.45, 7) is 1.88. The largest absolute Gasteiger partial charge is 0.296 e. The predicted octanol–water partition coefficient (Wildman–Crippen LogP) is 2.76. The van der Waals surface area contributed by atoms with Gasteiger partial charge in [0, 0.05) is 23.7 Å². The molecule has 0 aliphatic heterocycles. The van der Waals surface area contributed by atoms with Gasteiger partial charge in [-0.05, 0) is 12.5 Å². The molecule has 1 N–H and O–H groups in total. The van der Waals surface area contributed by atoms with Crippen molar-refractivity contribution in [3.63, 3.8) is 0 Å². The van der Waals surface area contributed by atoms with Crippen LogP contribution in [-0.4, -0.2) is 25.5 Å². The minimum atomic E-state index is -0.539. The minimum absolute atomic E-state index is 0.0277. The van der Waals surface area contributed by atoms with Crippen LogP contribution in [0, 0.1) is 6.92 Å². The smallest absolute Gasteiger partial charge is 0.271 e. The highest BCUT2D eigenvalue weighted by Gasteiger charge is 2.16. The van der Waals surface area contributed by atoms with Crippen LogP contribution in [-0.2, 0) is 6.42 Å². The second kappa shape index (κ2) is 6.77. The Hall–Kier alpha value is -2.91. The summed E-state index contributed by atoms with van der Waals surface area (Å²) in [7, 11) is 0. The number of carbonyl (C=O) groups is 1. The molecule has 0 bridgehead atoms. The molecule has 9 heteroatoms. The molecule has 4 aromatic rings. The Labute approximate surface area is 156 Å². The molecule has 130 valence electrons. The zero-order valence-corrected chi connectivity index (χ0v) is 15.3. The number of rotatable bonds is 4. The lowest BCUT2D eigenvalue weighted by atomic mass is 10.2. The van der Waals surface area contributed by atoms with Gasteiger partial charge in [-0.25, -0.2) is 4.98 Å². The van der Waals surface area contributed by atoms with Gasteiger partial charge in [-0.1, -0.05) is 41.7 Å². The van der Waals surface area contributed by atoms with Crippen molar-refractivity contribution >= 4 is 38.7 Å². The van der Waals surface area contributed by atoms with Gasteiger partial charge in [0.05, 0.1) is 0 Å². The molecule has 0 atom stereocenters. The van der Waals surface area contributed by atoms with Crippen molar-refractivity contribution in [2.24, 2.45) is 0 Å². The first-order valence-corrected chi connectivity index (χ1v) is 9.39. The van der Waals surface area contributed by atoms with Gasteiger partial charge in [0.1, 0.15) is 10.6 Å². The molecule has 0 aliphatic carbocycles. The predicted molar refractivity (Wildman–Crippen MR) is 101 cm³/mol. The number of hydrogen-bond donors (Lipinski definition) is 1. The zero-order valence-electron chi connectivity index (χ0n) is 13.7. The maximum Gasteiger partial charge on any atom is 0.271 e. The molecule has 1 amide bonds. The number of anilines is 1. The fraction of sp³-hybridized carbons (Fsp3) is 0.118. The quantitative estimate of drug-likeness (QED) is 0.585. The van der Waals surface area contributed by atoms with Crippen molar-refractivity contribution in [2.45, 2.75) is 13.3 Å². The summed E-state index contributed by atoms with van der Waals surface area (Å²) in [5, 5.41) is 11.8. The fourth-order valence-electron chi connectivity index (χ4n) is 2.46. The lowest BCUT2D eigenvalue weighted by Gasteiger charge is -2.00. The van der Waals surface area contributed by atoms with Gasteiger partial charge in [0.25, 0.3) is 11.5 Å². The lowest BCUT2D eigenvalue weighted by molar-refractivity contribution is 0.102. The van der Waals surface area contributed by atoms with Gasteiger partial charge in [0.15, 0.2) is 4.96 Å². The van der Waals surface area contributed by atoms with Crippen molar-refractivity contribution < 1.29 is 4.79 Å². The van der Waals surface area contributed by atoms with Gasteiger partial charge in [-0.3, -0.25) is 19.3 Å². The number of nitrogens with one attached hydrogen (secondary N) is 1. The average molecular weight is 383 g/mol. The van der Waals surface area contributed by atoms with Crippen molar-refractivity contribution in [3.05, 3.63) is 74.1 Å². The molecule has 0 fully saturated rings. The molecule has 0 saturated heterocycles. The Morgan fingerprint density at radius 2 is 2.00 bits per heavy atom. The van der Waals surface area contributed by atoms with Crippen LogP contribution in [0.4, 0.5) is 5.13 Å². The maximum atomic E-state index is 12.5. The molecule has 0 unspecified atom stereocenters. The molecule has 0 saturated carbocycles. The Bertz CT molecular complexity index is 1150. The molecule has 4 rings (SSSR count). The number of carbonyl (C=O) groups excluding carboxylic acids is 1. The molecular formula is C17H13N5O2S2. The van der Waals surface area contributed by atoms with Crippen LogP contribution in [0.2, 0.25) is 0 Å². The van der Waals surface area contributed by atoms with E-state index in [1.54, 1.807) is 6.20 Å². The summed E-state index contributed by atoms with van der Waals surface area (Å²) in [5.41, 5.74) is 0.688. The number of aromatic nitrogens is 4. The van der Waals surface area contributed by atoms with Crippen LogP contribution < -0.4 is 10.9 Å². The zero-order chi connectivity index (χ0) is 18.1. The Morgan fingerprint density at radius 3 is 2.81 bits per heavy atom. The average Bonchev–Trinajstić information content (AvgIpc) is 3.22. The van der Waals surface area contributed by atoms with Gasteiger partial charge in [-0.2, -0.15) is 0 Å². The number of nitrogens with zero attached hydrogens (tertiary/aromatic N) is 4. The van der Waals surface area contributed by atoms with Crippen LogP contribution in [0.25, 0.3) is 4.96 Å². The number of aryl methyl sites for hydroxylation is 1. The molecule has 0 spiro atoms. The van der Waals surface area contributed by atoms with E-state index < -0.39 is 11.5 Å². The monoisotopic (exact) mass is 383 g/mol. The topological polar surface area (TPSA) is 89.2 Å². The summed E-state index contributed by atoms with van der Waals surface area (Å²) in [4.78, 5) is 30.6. The van der Waals surface area contributed by atoms with Crippen molar-refractivity contribution in [1.29, 1.82) is 0 Å². The third-order valence-electron chi connectivity index (χ3n) is 3.65. The summed E-state index contributed by atoms with van der Waals surface area (Å²) in [5.74, 6) is -0.539. The first kappa shape index (κ1) is 16.6. The Balaban J connectivity index is 1.53. The minimum Gasteiger partial charge on any atom is -0.296 e. The van der Waals surface area contributed by atoms with Gasteiger partial charge < -0.3 is 0 Å². The highest BCUT2D eigenvalue weighted by Crippen LogP contribution is 2.19. The van der Waals surface area contributed by atoms with E-state index in [0.717, 1.165) is 15.4 Å². The summed E-state index contributed by atoms with van der Waals surface area (Å²) < 4.78 is 1.38. The third-order valence-corrected chi connectivity index (χ3v) is 5.40. The molecule has 3 heterocycles. The molecule has 0 aliphatic rings. The van der Waals surface area contributed by atoms with Gasteiger partial charge in [-0.15, -0.1) is 21.5 Å². The van der Waals surface area contributed by atoms with E-state index in [0.29, 0.717) is 16.5 Å². The number of thiazole rings is 1. The highest BCUT2D eigenvalue weighted by molar-refractivity contribution is 7.17. The first-order valence-electron chi connectivity index (χ1n) is 7.75. The molecule has 0 radical (unpaired) electrons. The number of hydrogen-bond acceptors (Lipinski definition) is 7. The molecule has 3 aromatic heterocycles. The van der Waals surface area contributed by atoms with Crippen LogP contribution in [0.15, 0.2) is 47.5 Å². The molecule has 7 nitrogen and oxygen atoms in total. The fourth-order valence-corrected chi connectivity index (χ4v) is 4.02. The molecule has 1 aromatic carbocycles. The number of fused-ring (bicyclic) bond motifs is 1. The summed E-state index contributed by atoms with van der Waals surface area (Å²) >= 11 is 2.68. The third kappa shape index (κ3) is 3.26. The number of amides is 1. The first-order chi connectivity index (χ1) is 12.6. The standard InChI is InChI=1S/C17H13N5O2S2/c1-10-9-22-15(24)12(8-18-17(22)25-10)14(23)19-16-21-20-13(26-16)7-11-5-3-2-4-6-11/h2-6,8-9H,7H2,1H3,(H,19,21,23). The van der Waals surface area contributed by atoms with Crippen molar-refractivity contribution in [3.8, 4) is 0 Å². The van der Waals surface area contributed by atoms with E-state index in [1.807, 2.05) is 37.3 Å². The van der Waals surface area contributed by atoms with Crippen molar-refractivity contribution in [2.75, 3.05) is 5.32 Å². The van der Waals surface area contributed by atoms with Crippen molar-refractivity contribution in [1.82, 2.24) is 19.6 Å². The maximum absolute atomic E-state index is 12.5. The van der Waals surface area contributed by atoms with Crippen LogP contribution >= 0.6 is 22.7 Å². The van der Waals surface area contributed by atoms with E-state index in [4.69, 9.17) is 0 Å². The van der Waals surface area contributed by atoms with Gasteiger partial charge >= 0.3 is 0 Å². The molecule has 26 heavy (non-hydrogen) atoms. The van der Waals surface area contributed by atoms with Crippen LogP contribution in [0.1, 0.15) is 25.8 Å². The lowest BCUT2D eigenvalue weighted by Crippen LogP contribution is -2.25. The normalized spacial score (nSPS) is 11.0. The highest BCUT2D eigenvalue weighted by atomic mass is 32.1. The summed E-state index contributed by atoms with van der Waals surface area (Å²) in [6.07, 6.45) is 3.61. The van der Waals surface area contributed by atoms with Gasteiger partial charge in [0.2, 0.25) is 5.13 Å². The number of benzene rings is 1. The SMILES string of the molecule is Cc1cn2c(=O)c(C(=O)Nc3nnc(Cc4ccccc4)s3)cnc2s1. The van der Waals surface area contributed by atoms with E-state index in [1.165, 1.54) is 33.3 Å². The van der Waals surface area contributed by atoms with E-state index >= 15 is 0 Å². The van der Waals surface area contributed by atoms with Crippen LogP contribution in [0.5, 0.6) is 0 Å². The second-order valence-electron chi connectivity index (χ2n) is 5.59. The van der Waals surface area contributed by atoms with E-state index in [2.05, 4.69) is 20.5 Å². The van der Waals surface area contributed by atoms with Crippen LogP contribution in [0.3, 0.4) is 0 Å². The second-order valence-corrected chi connectivity index (χ2v) is 7.86. The summed E-state index contributed by atoms with van der Waals surface area (Å²) in [6, 6.07) is 9.88. The Morgan fingerprint density at radius 1 is 1.19 bits per heavy atom. The Kier molecular flexibility index (Phi) is 4.31. The van der Waals surface area contributed by atoms with E-state index in [9.17, 15) is 9.59 Å². The van der Waals surface area contributed by atoms with E-state index in [-0.39, 0.29) is 5.56 Å². The molecular weight excluding hydrogens is 370 g/mol.